The van der Waals surface area contributed by atoms with E-state index >= 15 is 0 Å². The number of amides is 2. The number of nitrogens with one attached hydrogen (secondary N) is 1. The molecular weight excluding hydrogens is 1080 g/mol. The van der Waals surface area contributed by atoms with Crippen molar-refractivity contribution in [1.29, 1.82) is 0 Å². The minimum Gasteiger partial charge on any atom is -0.490 e. The second-order valence-electron chi connectivity index (χ2n) is 15.8. The molecule has 2 aromatic heterocycles. The van der Waals surface area contributed by atoms with Crippen LogP contribution in [0.25, 0.3) is 45.2 Å². The maximum Gasteiger partial charge on any atom is 0.307 e. The number of likely N-dealkylation sites (N-methyl/N-ethyl adjacent to an activating group) is 1. The predicted molar refractivity (Wildman–Crippen MR) is 290 cm³/mol. The van der Waals surface area contributed by atoms with Gasteiger partial charge in [0, 0.05) is 40.8 Å². The highest BCUT2D eigenvalue weighted by Gasteiger charge is 2.30. The first kappa shape index (κ1) is 56.3. The van der Waals surface area contributed by atoms with Crippen molar-refractivity contribution in [2.24, 2.45) is 0 Å². The smallest absolute Gasteiger partial charge is 0.307 e. The quantitative estimate of drug-likeness (QED) is 0.0689. The van der Waals surface area contributed by atoms with E-state index in [9.17, 15) is 19.2 Å². The highest BCUT2D eigenvalue weighted by molar-refractivity contribution is 6.36. The number of nitrogens with zero attached hydrogens (tertiary/aromatic N) is 3. The fraction of sp³-hybridized carbons (Fsp3) is 0.148. The van der Waals surface area contributed by atoms with Gasteiger partial charge in [-0.25, -0.2) is 0 Å². The van der Waals surface area contributed by atoms with Crippen LogP contribution in [-0.4, -0.2) is 82.5 Å². The van der Waals surface area contributed by atoms with E-state index in [1.165, 1.54) is 11.0 Å². The van der Waals surface area contributed by atoms with Crippen LogP contribution in [0.4, 0.5) is 0 Å². The van der Waals surface area contributed by atoms with E-state index in [0.717, 1.165) is 0 Å². The lowest BCUT2D eigenvalue weighted by atomic mass is 10.00. The zero-order valence-electron chi connectivity index (χ0n) is 38.2. The third kappa shape index (κ3) is 14.4. The number of aromatic nitrogens is 2. The van der Waals surface area contributed by atoms with Crippen molar-refractivity contribution < 1.29 is 49.3 Å². The number of halogens is 6. The summed E-state index contributed by atoms with van der Waals surface area (Å²) in [6.45, 7) is 0.734. The normalized spacial score (nSPS) is 10.6. The molecule has 0 saturated carbocycles. The summed E-state index contributed by atoms with van der Waals surface area (Å²) < 4.78 is 22.6. The molecule has 0 saturated heterocycles. The summed E-state index contributed by atoms with van der Waals surface area (Å²) in [7, 11) is 1.64. The van der Waals surface area contributed by atoms with Gasteiger partial charge in [0.25, 0.3) is 11.8 Å². The Morgan fingerprint density at radius 2 is 1.03 bits per heavy atom. The van der Waals surface area contributed by atoms with Crippen LogP contribution < -0.4 is 14.8 Å². The van der Waals surface area contributed by atoms with Crippen LogP contribution in [0.3, 0.4) is 0 Å². The van der Waals surface area contributed by atoms with E-state index in [2.05, 4.69) is 15.6 Å². The number of hydrogen-bond acceptors (Lipinski definition) is 10. The second kappa shape index (κ2) is 26.3. The van der Waals surface area contributed by atoms with E-state index in [1.807, 2.05) is 48.5 Å². The van der Waals surface area contributed by atoms with Gasteiger partial charge in [-0.3, -0.25) is 19.2 Å². The molecule has 0 aliphatic heterocycles. The Morgan fingerprint density at radius 1 is 0.581 bits per heavy atom. The van der Waals surface area contributed by atoms with E-state index in [1.54, 1.807) is 85.9 Å². The van der Waals surface area contributed by atoms with Crippen LogP contribution in [0, 0.1) is 0 Å². The molecular formula is C54H46Cl6N4O10. The van der Waals surface area contributed by atoms with Gasteiger partial charge in [0.2, 0.25) is 0 Å². The molecule has 2 heterocycles. The first-order valence-electron chi connectivity index (χ1n) is 21.9. The summed E-state index contributed by atoms with van der Waals surface area (Å²) in [5.41, 5.74) is 4.16. The highest BCUT2D eigenvalue weighted by atomic mass is 35.5. The Hall–Kier alpha value is -7.04. The van der Waals surface area contributed by atoms with Crippen LogP contribution in [0.15, 0.2) is 143 Å². The van der Waals surface area contributed by atoms with E-state index in [4.69, 9.17) is 98.3 Å². The van der Waals surface area contributed by atoms with Gasteiger partial charge in [0.15, 0.2) is 11.5 Å². The van der Waals surface area contributed by atoms with E-state index < -0.39 is 17.8 Å². The summed E-state index contributed by atoms with van der Waals surface area (Å²) in [5.74, 6) is -1.29. The Balaban J connectivity index is 0.000000270. The maximum atomic E-state index is 13.7. The molecule has 20 heteroatoms. The monoisotopic (exact) mass is 1120 g/mol. The molecule has 0 spiro atoms. The van der Waals surface area contributed by atoms with Crippen LogP contribution in [-0.2, 0) is 22.4 Å². The van der Waals surface area contributed by atoms with Gasteiger partial charge in [-0.05, 0) is 59.7 Å². The number of rotatable bonds is 18. The number of carboxylic acids is 2. The number of aliphatic carboxylic acids is 2. The van der Waals surface area contributed by atoms with Crippen molar-refractivity contribution >= 4 is 93.4 Å². The lowest BCUT2D eigenvalue weighted by Gasteiger charge is -2.18. The molecule has 0 radical (unpaired) electrons. The number of ether oxygens (including phenoxy) is 2. The van der Waals surface area contributed by atoms with Gasteiger partial charge in [0.05, 0.1) is 46.0 Å². The lowest BCUT2D eigenvalue weighted by molar-refractivity contribution is -0.137. The Bertz CT molecular complexity index is 3290. The first-order valence-corrected chi connectivity index (χ1v) is 24.1. The standard InChI is InChI=1S/C27H21Cl3N2O5.C26H19Cl3N2O5.CH4.H2/c1-32(11-12-36-22-10-8-18(28)15-21(22)30)27(35)24-25(31-37-26(24)17-5-3-2-4-6-17)19-9-7-16(13-20(19)29)14-23(33)34;27-17-7-9-21(20(29)14-17)35-11-10-30-26(34)23-24(31-36-25(23)16-4-2-1-3-5-16)18-8-6-15(12-19(18)28)13-22(32)33;;/h2-10,13,15H,11-12,14H2,1H3,(H,33,34);1-9,12,14H,10-11,13H2,(H,30,34)(H,32,33);1H4;1H. The van der Waals surface area contributed by atoms with Gasteiger partial charge < -0.3 is 38.9 Å². The minimum atomic E-state index is -0.978. The summed E-state index contributed by atoms with van der Waals surface area (Å²) in [5, 5.41) is 31.5. The van der Waals surface area contributed by atoms with Crippen molar-refractivity contribution in [2.45, 2.75) is 20.3 Å². The molecule has 2 amide bonds. The summed E-state index contributed by atoms with van der Waals surface area (Å²) in [6.07, 6.45) is -0.362. The van der Waals surface area contributed by atoms with Crippen molar-refractivity contribution in [2.75, 3.05) is 33.4 Å². The molecule has 0 bridgehead atoms. The Morgan fingerprint density at radius 3 is 1.47 bits per heavy atom. The van der Waals surface area contributed by atoms with Gasteiger partial charge >= 0.3 is 11.9 Å². The SMILES string of the molecule is C.CN(CCOc1ccc(Cl)cc1Cl)C(=O)c1c(-c2ccc(CC(=O)O)cc2Cl)noc1-c1ccccc1.O=C(O)Cc1ccc(-c2noc(-c3ccccc3)c2C(=O)NCCOc2ccc(Cl)cc2Cl)c(Cl)c1.[HH]. The number of carbonyl (C=O) groups is 4. The molecule has 14 nitrogen and oxygen atoms in total. The number of benzene rings is 6. The third-order valence-electron chi connectivity index (χ3n) is 10.6. The molecule has 0 atom stereocenters. The van der Waals surface area contributed by atoms with Crippen molar-refractivity contribution in [3.8, 4) is 56.7 Å². The molecule has 0 fully saturated rings. The minimum absolute atomic E-state index is 0. The van der Waals surface area contributed by atoms with Gasteiger partial charge in [-0.2, -0.15) is 0 Å². The summed E-state index contributed by atoms with van der Waals surface area (Å²) in [6, 6.07) is 37.6. The lowest BCUT2D eigenvalue weighted by Crippen LogP contribution is -2.31. The summed E-state index contributed by atoms with van der Waals surface area (Å²) in [4.78, 5) is 50.6. The molecule has 0 aliphatic carbocycles. The first-order chi connectivity index (χ1) is 35.1. The fourth-order valence-corrected chi connectivity index (χ4v) is 8.70. The van der Waals surface area contributed by atoms with Crippen LogP contribution >= 0.6 is 69.6 Å². The maximum absolute atomic E-state index is 13.7. The van der Waals surface area contributed by atoms with Gasteiger partial charge in [0.1, 0.15) is 47.2 Å². The molecule has 8 rings (SSSR count). The van der Waals surface area contributed by atoms with Gasteiger partial charge in [-0.15, -0.1) is 0 Å². The van der Waals surface area contributed by atoms with Crippen molar-refractivity contribution in [3.05, 3.63) is 186 Å². The van der Waals surface area contributed by atoms with Crippen molar-refractivity contribution in [1.82, 2.24) is 20.5 Å². The number of carbonyl (C=O) groups excluding carboxylic acids is 2. The average molecular weight is 1120 g/mol. The fourth-order valence-electron chi connectivity index (χ4n) is 7.18. The average Bonchev–Trinajstić information content (AvgIpc) is 4.00. The predicted octanol–water partition coefficient (Wildman–Crippen LogP) is 14.0. The molecule has 3 N–H and O–H groups in total. The molecule has 0 unspecified atom stereocenters. The van der Waals surface area contributed by atoms with E-state index in [-0.39, 0.29) is 92.2 Å². The zero-order valence-corrected chi connectivity index (χ0v) is 42.7. The Kier molecular flexibility index (Phi) is 20.0. The molecule has 0 aliphatic rings. The number of hydrogen-bond donors (Lipinski definition) is 3. The highest BCUT2D eigenvalue weighted by Crippen LogP contribution is 2.39. The summed E-state index contributed by atoms with van der Waals surface area (Å²) >= 11 is 37.1. The van der Waals surface area contributed by atoms with Crippen molar-refractivity contribution in [3.63, 3.8) is 0 Å². The molecule has 6 aromatic carbocycles. The third-order valence-corrected chi connectivity index (χ3v) is 12.3. The van der Waals surface area contributed by atoms with Crippen LogP contribution in [0.2, 0.25) is 30.1 Å². The Labute approximate surface area is 456 Å². The second-order valence-corrected chi connectivity index (χ2v) is 18.3. The van der Waals surface area contributed by atoms with E-state index in [0.29, 0.717) is 70.7 Å². The number of carboxylic acid groups (broad SMARTS) is 2. The molecule has 8 aromatic rings. The van der Waals surface area contributed by atoms with Gasteiger partial charge in [-0.1, -0.05) is 172 Å². The topological polar surface area (TPSA) is 195 Å². The molecule has 384 valence electrons. The van der Waals surface area contributed by atoms with Crippen LogP contribution in [0.1, 0.15) is 40.7 Å². The zero-order chi connectivity index (χ0) is 52.2. The van der Waals surface area contributed by atoms with Crippen LogP contribution in [0.5, 0.6) is 11.5 Å². The molecule has 74 heavy (non-hydrogen) atoms. The largest absolute Gasteiger partial charge is 0.490 e.